The Kier molecular flexibility index (Phi) is 5.96. The Morgan fingerprint density at radius 2 is 1.79 bits per heavy atom. The topological polar surface area (TPSA) is 109 Å². The summed E-state index contributed by atoms with van der Waals surface area (Å²) in [6.45, 7) is 1.68. The summed E-state index contributed by atoms with van der Waals surface area (Å²) >= 11 is 5.36. The van der Waals surface area contributed by atoms with Crippen LogP contribution in [0.2, 0.25) is 0 Å². The van der Waals surface area contributed by atoms with Crippen molar-refractivity contribution in [3.8, 4) is 0 Å². The van der Waals surface area contributed by atoms with Gasteiger partial charge in [-0.25, -0.2) is 12.8 Å². The molecule has 0 atom stereocenters. The van der Waals surface area contributed by atoms with Gasteiger partial charge in [0.1, 0.15) is 5.82 Å². The molecule has 3 N–H and O–H groups in total. The predicted octanol–water partition coefficient (Wildman–Crippen LogP) is 0.899. The number of piperazine rings is 1. The number of thiocarbonyl (C=S) groups is 1. The fourth-order valence-corrected chi connectivity index (χ4v) is 4.33. The molecule has 1 aliphatic rings. The lowest BCUT2D eigenvalue weighted by Gasteiger charge is -2.35. The first kappa shape index (κ1) is 20.2. The molecule has 150 valence electrons. The van der Waals surface area contributed by atoms with Gasteiger partial charge in [0.25, 0.3) is 15.9 Å². The Bertz CT molecular complexity index is 967. The van der Waals surface area contributed by atoms with Crippen LogP contribution in [0.15, 0.2) is 45.9 Å². The number of primary amides is 1. The molecule has 8 nitrogen and oxygen atoms in total. The van der Waals surface area contributed by atoms with Crippen molar-refractivity contribution in [2.45, 2.75) is 11.6 Å². The third-order valence-electron chi connectivity index (χ3n) is 4.30. The first-order valence-electron chi connectivity index (χ1n) is 8.44. The Hall–Kier alpha value is -2.50. The lowest BCUT2D eigenvalue weighted by molar-refractivity contribution is 0.0968. The number of hydrogen-bond donors (Lipinski definition) is 2. The summed E-state index contributed by atoms with van der Waals surface area (Å²) in [5.74, 6) is -1.34. The van der Waals surface area contributed by atoms with E-state index in [0.717, 1.165) is 5.56 Å². The van der Waals surface area contributed by atoms with Crippen molar-refractivity contribution in [1.29, 1.82) is 0 Å². The third-order valence-corrected chi connectivity index (χ3v) is 6.48. The summed E-state index contributed by atoms with van der Waals surface area (Å²) in [5.41, 5.74) is 5.97. The fourth-order valence-electron chi connectivity index (χ4n) is 2.74. The van der Waals surface area contributed by atoms with E-state index in [-0.39, 0.29) is 29.8 Å². The Morgan fingerprint density at radius 1 is 1.14 bits per heavy atom. The van der Waals surface area contributed by atoms with Gasteiger partial charge in [0.15, 0.2) is 10.9 Å². The van der Waals surface area contributed by atoms with Crippen LogP contribution in [-0.2, 0) is 16.6 Å². The highest BCUT2D eigenvalue weighted by atomic mass is 32.2. The predicted molar refractivity (Wildman–Crippen MR) is 103 cm³/mol. The van der Waals surface area contributed by atoms with Gasteiger partial charge in [-0.1, -0.05) is 12.1 Å². The minimum absolute atomic E-state index is 0.205. The SMILES string of the molecule is NC(=O)c1ccc(S(=O)(=O)N2CCN(C(=S)NCc3ccc(F)cc3)CC2)o1. The molecule has 0 spiro atoms. The summed E-state index contributed by atoms with van der Waals surface area (Å²) in [4.78, 5) is 13.0. The van der Waals surface area contributed by atoms with Crippen LogP contribution in [0.3, 0.4) is 0 Å². The van der Waals surface area contributed by atoms with Crippen molar-refractivity contribution < 1.29 is 22.0 Å². The van der Waals surface area contributed by atoms with Crippen LogP contribution in [0.25, 0.3) is 0 Å². The average molecular weight is 426 g/mol. The summed E-state index contributed by atoms with van der Waals surface area (Å²) in [6, 6.07) is 8.54. The van der Waals surface area contributed by atoms with Crippen LogP contribution in [0, 0.1) is 5.82 Å². The lowest BCUT2D eigenvalue weighted by Crippen LogP contribution is -2.52. The molecule has 1 amide bonds. The van der Waals surface area contributed by atoms with Crippen molar-refractivity contribution in [2.24, 2.45) is 5.73 Å². The summed E-state index contributed by atoms with van der Waals surface area (Å²) in [7, 11) is -3.85. The molecule has 11 heteroatoms. The minimum atomic E-state index is -3.85. The number of nitrogens with one attached hydrogen (secondary N) is 1. The van der Waals surface area contributed by atoms with Crippen molar-refractivity contribution >= 4 is 33.3 Å². The molecule has 0 unspecified atom stereocenters. The number of nitrogens with two attached hydrogens (primary N) is 1. The van der Waals surface area contributed by atoms with E-state index in [9.17, 15) is 17.6 Å². The van der Waals surface area contributed by atoms with Gasteiger partial charge in [-0.2, -0.15) is 4.31 Å². The number of carbonyl (C=O) groups is 1. The second-order valence-electron chi connectivity index (χ2n) is 6.16. The zero-order valence-corrected chi connectivity index (χ0v) is 16.4. The molecule has 0 saturated carbocycles. The second-order valence-corrected chi connectivity index (χ2v) is 8.41. The molecule has 2 heterocycles. The Morgan fingerprint density at radius 3 is 2.36 bits per heavy atom. The zero-order valence-electron chi connectivity index (χ0n) is 14.8. The highest BCUT2D eigenvalue weighted by Gasteiger charge is 2.32. The van der Waals surface area contributed by atoms with Crippen LogP contribution >= 0.6 is 12.2 Å². The van der Waals surface area contributed by atoms with Crippen LogP contribution in [0.5, 0.6) is 0 Å². The number of rotatable bonds is 5. The number of carbonyl (C=O) groups excluding carboxylic acids is 1. The van der Waals surface area contributed by atoms with Crippen LogP contribution in [0.4, 0.5) is 4.39 Å². The first-order valence-corrected chi connectivity index (χ1v) is 10.3. The summed E-state index contributed by atoms with van der Waals surface area (Å²) in [5, 5.41) is 3.27. The van der Waals surface area contributed by atoms with Crippen molar-refractivity contribution in [3.05, 3.63) is 53.5 Å². The molecular formula is C17H19FN4O4S2. The number of sulfonamides is 1. The van der Waals surface area contributed by atoms with E-state index >= 15 is 0 Å². The average Bonchev–Trinajstić information content (AvgIpc) is 3.19. The number of benzene rings is 1. The number of nitrogens with zero attached hydrogens (tertiary/aromatic N) is 2. The van der Waals surface area contributed by atoms with E-state index < -0.39 is 15.9 Å². The van der Waals surface area contributed by atoms with Crippen molar-refractivity contribution in [2.75, 3.05) is 26.2 Å². The molecule has 28 heavy (non-hydrogen) atoms. The quantitative estimate of drug-likeness (QED) is 0.684. The van der Waals surface area contributed by atoms with Crippen LogP contribution < -0.4 is 11.1 Å². The van der Waals surface area contributed by atoms with Crippen molar-refractivity contribution in [3.63, 3.8) is 0 Å². The maximum atomic E-state index is 12.9. The standard InChI is InChI=1S/C17H19FN4O4S2/c18-13-3-1-12(2-4-13)11-20-17(27)21-7-9-22(10-8-21)28(24,25)15-6-5-14(26-15)16(19)23/h1-6H,7-11H2,(H2,19,23)(H,20,27). The minimum Gasteiger partial charge on any atom is -0.438 e. The van der Waals surface area contributed by atoms with E-state index in [0.29, 0.717) is 24.7 Å². The molecular weight excluding hydrogens is 407 g/mol. The molecule has 0 bridgehead atoms. The van der Waals surface area contributed by atoms with E-state index in [1.165, 1.54) is 28.6 Å². The lowest BCUT2D eigenvalue weighted by atomic mass is 10.2. The van der Waals surface area contributed by atoms with Gasteiger partial charge in [0, 0.05) is 32.7 Å². The fraction of sp³-hybridized carbons (Fsp3) is 0.294. The van der Waals surface area contributed by atoms with E-state index in [4.69, 9.17) is 22.4 Å². The monoisotopic (exact) mass is 426 g/mol. The highest BCUT2D eigenvalue weighted by Crippen LogP contribution is 2.20. The largest absolute Gasteiger partial charge is 0.438 e. The number of hydrogen-bond acceptors (Lipinski definition) is 5. The van der Waals surface area contributed by atoms with Gasteiger partial charge in [0.2, 0.25) is 5.09 Å². The second kappa shape index (κ2) is 8.25. The zero-order chi connectivity index (χ0) is 20.3. The molecule has 1 aliphatic heterocycles. The molecule has 1 aromatic carbocycles. The normalized spacial score (nSPS) is 15.4. The Balaban J connectivity index is 1.55. The number of furan rings is 1. The first-order chi connectivity index (χ1) is 13.3. The summed E-state index contributed by atoms with van der Waals surface area (Å²) in [6.07, 6.45) is 0. The van der Waals surface area contributed by atoms with Gasteiger partial charge >= 0.3 is 0 Å². The van der Waals surface area contributed by atoms with E-state index in [1.807, 2.05) is 4.90 Å². The smallest absolute Gasteiger partial charge is 0.284 e. The molecule has 2 aromatic rings. The molecule has 1 saturated heterocycles. The third kappa shape index (κ3) is 4.49. The maximum Gasteiger partial charge on any atom is 0.284 e. The Labute approximate surface area is 167 Å². The molecule has 0 aliphatic carbocycles. The van der Waals surface area contributed by atoms with Crippen LogP contribution in [-0.4, -0.2) is 54.8 Å². The highest BCUT2D eigenvalue weighted by molar-refractivity contribution is 7.89. The van der Waals surface area contributed by atoms with Gasteiger partial charge in [0.05, 0.1) is 0 Å². The van der Waals surface area contributed by atoms with E-state index in [2.05, 4.69) is 5.32 Å². The number of amides is 1. The van der Waals surface area contributed by atoms with Gasteiger partial charge in [-0.3, -0.25) is 4.79 Å². The molecule has 0 radical (unpaired) electrons. The molecule has 1 fully saturated rings. The molecule has 3 rings (SSSR count). The maximum absolute atomic E-state index is 12.9. The van der Waals surface area contributed by atoms with Gasteiger partial charge in [-0.05, 0) is 42.0 Å². The summed E-state index contributed by atoms with van der Waals surface area (Å²) < 4.78 is 44.5. The van der Waals surface area contributed by atoms with Crippen LogP contribution in [0.1, 0.15) is 16.1 Å². The van der Waals surface area contributed by atoms with Gasteiger partial charge < -0.3 is 20.4 Å². The number of halogens is 1. The molecule has 1 aromatic heterocycles. The van der Waals surface area contributed by atoms with Crippen molar-refractivity contribution in [1.82, 2.24) is 14.5 Å². The van der Waals surface area contributed by atoms with E-state index in [1.54, 1.807) is 12.1 Å². The van der Waals surface area contributed by atoms with Gasteiger partial charge in [-0.15, -0.1) is 0 Å².